The summed E-state index contributed by atoms with van der Waals surface area (Å²) in [6.45, 7) is 2.06. The first-order chi connectivity index (χ1) is 11.1. The molecule has 0 saturated carbocycles. The zero-order valence-electron chi connectivity index (χ0n) is 12.8. The topological polar surface area (TPSA) is 73.7 Å². The fourth-order valence-electron chi connectivity index (χ4n) is 3.43. The quantitative estimate of drug-likeness (QED) is 0.913. The van der Waals surface area contributed by atoms with E-state index in [0.717, 1.165) is 38.2 Å². The van der Waals surface area contributed by atoms with Crippen molar-refractivity contribution in [3.63, 3.8) is 0 Å². The predicted octanol–water partition coefficient (Wildman–Crippen LogP) is 2.03. The van der Waals surface area contributed by atoms with Gasteiger partial charge in [-0.05, 0) is 37.8 Å². The SMILES string of the molecule is O=C(O)[C@H]1CCCN1C(=O)C1CCN(c2ccc(Cl)cn2)CC1. The van der Waals surface area contributed by atoms with Crippen LogP contribution in [0.4, 0.5) is 5.82 Å². The summed E-state index contributed by atoms with van der Waals surface area (Å²) in [7, 11) is 0. The van der Waals surface area contributed by atoms with Crippen LogP contribution in [0.5, 0.6) is 0 Å². The summed E-state index contributed by atoms with van der Waals surface area (Å²) in [5, 5.41) is 9.83. The second-order valence-corrected chi connectivity index (χ2v) is 6.56. The molecule has 7 heteroatoms. The van der Waals surface area contributed by atoms with Crippen LogP contribution in [0.1, 0.15) is 25.7 Å². The van der Waals surface area contributed by atoms with E-state index >= 15 is 0 Å². The standard InChI is InChI=1S/C16H20ClN3O3/c17-12-3-4-14(18-10-12)19-8-5-11(6-9-19)15(21)20-7-1-2-13(20)16(22)23/h3-4,10-11,13H,1-2,5-9H2,(H,22,23)/t13-/m1/s1. The lowest BCUT2D eigenvalue weighted by molar-refractivity contribution is -0.150. The average Bonchev–Trinajstić information content (AvgIpc) is 3.05. The van der Waals surface area contributed by atoms with Crippen molar-refractivity contribution in [3.05, 3.63) is 23.4 Å². The molecule has 1 aromatic heterocycles. The van der Waals surface area contributed by atoms with Crippen molar-refractivity contribution < 1.29 is 14.7 Å². The highest BCUT2D eigenvalue weighted by Gasteiger charge is 2.38. The molecular formula is C16H20ClN3O3. The number of hydrogen-bond acceptors (Lipinski definition) is 4. The van der Waals surface area contributed by atoms with Gasteiger partial charge in [-0.1, -0.05) is 11.6 Å². The van der Waals surface area contributed by atoms with E-state index in [0.29, 0.717) is 18.0 Å². The maximum absolute atomic E-state index is 12.6. The number of rotatable bonds is 3. The molecule has 1 N–H and O–H groups in total. The third-order valence-corrected chi connectivity index (χ3v) is 4.92. The molecule has 0 spiro atoms. The van der Waals surface area contributed by atoms with E-state index in [1.54, 1.807) is 11.1 Å². The number of carbonyl (C=O) groups is 2. The second kappa shape index (κ2) is 6.74. The first-order valence-corrected chi connectivity index (χ1v) is 8.34. The van der Waals surface area contributed by atoms with Gasteiger partial charge in [0.2, 0.25) is 5.91 Å². The van der Waals surface area contributed by atoms with E-state index in [4.69, 9.17) is 11.6 Å². The minimum absolute atomic E-state index is 0.00128. The number of anilines is 1. The largest absolute Gasteiger partial charge is 0.480 e. The molecule has 1 aromatic rings. The highest BCUT2D eigenvalue weighted by Crippen LogP contribution is 2.27. The van der Waals surface area contributed by atoms with Crippen LogP contribution in [0.3, 0.4) is 0 Å². The van der Waals surface area contributed by atoms with Crippen molar-refractivity contribution in [3.8, 4) is 0 Å². The Balaban J connectivity index is 1.59. The fourth-order valence-corrected chi connectivity index (χ4v) is 3.54. The number of carboxylic acids is 1. The van der Waals surface area contributed by atoms with Crippen LogP contribution in [-0.4, -0.2) is 52.5 Å². The van der Waals surface area contributed by atoms with E-state index in [2.05, 4.69) is 9.88 Å². The highest BCUT2D eigenvalue weighted by molar-refractivity contribution is 6.30. The van der Waals surface area contributed by atoms with Gasteiger partial charge in [-0.3, -0.25) is 4.79 Å². The summed E-state index contributed by atoms with van der Waals surface area (Å²) >= 11 is 5.85. The Labute approximate surface area is 140 Å². The molecule has 0 radical (unpaired) electrons. The number of aliphatic carboxylic acids is 1. The molecule has 0 unspecified atom stereocenters. The molecule has 0 aliphatic carbocycles. The Bertz CT molecular complexity index is 585. The number of aromatic nitrogens is 1. The molecule has 1 atom stereocenters. The number of halogens is 1. The molecule has 0 aromatic carbocycles. The first kappa shape index (κ1) is 16.1. The third kappa shape index (κ3) is 3.42. The van der Waals surface area contributed by atoms with Crippen molar-refractivity contribution >= 4 is 29.3 Å². The van der Waals surface area contributed by atoms with Crippen LogP contribution in [-0.2, 0) is 9.59 Å². The fraction of sp³-hybridized carbons (Fsp3) is 0.562. The Kier molecular flexibility index (Phi) is 4.71. The maximum atomic E-state index is 12.6. The molecule has 6 nitrogen and oxygen atoms in total. The van der Waals surface area contributed by atoms with Gasteiger partial charge in [-0.25, -0.2) is 9.78 Å². The van der Waals surface area contributed by atoms with Crippen LogP contribution in [0, 0.1) is 5.92 Å². The van der Waals surface area contributed by atoms with Crippen LogP contribution in [0.25, 0.3) is 0 Å². The molecule has 2 fully saturated rings. The molecule has 23 heavy (non-hydrogen) atoms. The second-order valence-electron chi connectivity index (χ2n) is 6.12. The molecule has 3 rings (SSSR count). The van der Waals surface area contributed by atoms with Crippen molar-refractivity contribution in [2.24, 2.45) is 5.92 Å². The number of nitrogens with zero attached hydrogens (tertiary/aromatic N) is 3. The smallest absolute Gasteiger partial charge is 0.326 e. The number of hydrogen-bond donors (Lipinski definition) is 1. The number of carboxylic acid groups (broad SMARTS) is 1. The van der Waals surface area contributed by atoms with Gasteiger partial charge in [0.15, 0.2) is 0 Å². The number of amides is 1. The summed E-state index contributed by atoms with van der Waals surface area (Å²) in [5.41, 5.74) is 0. The molecular weight excluding hydrogens is 318 g/mol. The average molecular weight is 338 g/mol. The van der Waals surface area contributed by atoms with Gasteiger partial charge < -0.3 is 14.9 Å². The van der Waals surface area contributed by atoms with Crippen molar-refractivity contribution in [2.45, 2.75) is 31.7 Å². The summed E-state index contributed by atoms with van der Waals surface area (Å²) < 4.78 is 0. The van der Waals surface area contributed by atoms with Crippen LogP contribution >= 0.6 is 11.6 Å². The zero-order chi connectivity index (χ0) is 16.4. The number of likely N-dealkylation sites (tertiary alicyclic amines) is 1. The van der Waals surface area contributed by atoms with Crippen LogP contribution in [0.15, 0.2) is 18.3 Å². The summed E-state index contributed by atoms with van der Waals surface area (Å²) in [4.78, 5) is 31.9. The van der Waals surface area contributed by atoms with Crippen LogP contribution < -0.4 is 4.90 Å². The monoisotopic (exact) mass is 337 g/mol. The van der Waals surface area contributed by atoms with Gasteiger partial charge in [0.1, 0.15) is 11.9 Å². The molecule has 124 valence electrons. The van der Waals surface area contributed by atoms with E-state index < -0.39 is 12.0 Å². The Hall–Kier alpha value is -1.82. The normalized spacial score (nSPS) is 22.4. The maximum Gasteiger partial charge on any atom is 0.326 e. The number of carbonyl (C=O) groups excluding carboxylic acids is 1. The lowest BCUT2D eigenvalue weighted by Gasteiger charge is -2.34. The predicted molar refractivity (Wildman–Crippen MR) is 86.6 cm³/mol. The minimum atomic E-state index is -0.890. The molecule has 0 bridgehead atoms. The molecule has 2 aliphatic rings. The lowest BCUT2D eigenvalue weighted by atomic mass is 9.95. The molecule has 3 heterocycles. The summed E-state index contributed by atoms with van der Waals surface area (Å²) in [6, 6.07) is 3.05. The first-order valence-electron chi connectivity index (χ1n) is 7.96. The third-order valence-electron chi connectivity index (χ3n) is 4.70. The summed E-state index contributed by atoms with van der Waals surface area (Å²) in [6.07, 6.45) is 4.42. The Morgan fingerprint density at radius 3 is 2.52 bits per heavy atom. The van der Waals surface area contributed by atoms with Crippen molar-refractivity contribution in [1.29, 1.82) is 0 Å². The van der Waals surface area contributed by atoms with Gasteiger partial charge in [0.05, 0.1) is 5.02 Å². The molecule has 2 saturated heterocycles. The summed E-state index contributed by atoms with van der Waals surface area (Å²) in [5.74, 6) is -0.111. The number of pyridine rings is 1. The van der Waals surface area contributed by atoms with Gasteiger partial charge in [0.25, 0.3) is 0 Å². The van der Waals surface area contributed by atoms with Gasteiger partial charge in [-0.2, -0.15) is 0 Å². The number of piperidine rings is 1. The van der Waals surface area contributed by atoms with Gasteiger partial charge in [-0.15, -0.1) is 0 Å². The molecule has 1 amide bonds. The van der Waals surface area contributed by atoms with E-state index in [1.807, 2.05) is 12.1 Å². The minimum Gasteiger partial charge on any atom is -0.480 e. The Morgan fingerprint density at radius 1 is 1.17 bits per heavy atom. The highest BCUT2D eigenvalue weighted by atomic mass is 35.5. The zero-order valence-corrected chi connectivity index (χ0v) is 13.6. The van der Waals surface area contributed by atoms with Crippen LogP contribution in [0.2, 0.25) is 5.02 Å². The van der Waals surface area contributed by atoms with Gasteiger partial charge >= 0.3 is 5.97 Å². The van der Waals surface area contributed by atoms with E-state index in [9.17, 15) is 14.7 Å². The van der Waals surface area contributed by atoms with E-state index in [-0.39, 0.29) is 11.8 Å². The van der Waals surface area contributed by atoms with Gasteiger partial charge in [0, 0.05) is 31.7 Å². The lowest BCUT2D eigenvalue weighted by Crippen LogP contribution is -2.46. The molecule has 2 aliphatic heterocycles. The van der Waals surface area contributed by atoms with Crippen molar-refractivity contribution in [2.75, 3.05) is 24.5 Å². The van der Waals surface area contributed by atoms with Crippen molar-refractivity contribution in [1.82, 2.24) is 9.88 Å². The Morgan fingerprint density at radius 2 is 1.91 bits per heavy atom. The van der Waals surface area contributed by atoms with E-state index in [1.165, 1.54) is 0 Å².